The van der Waals surface area contributed by atoms with Crippen molar-refractivity contribution < 1.29 is 9.47 Å². The molecule has 0 unspecified atom stereocenters. The quantitative estimate of drug-likeness (QED) is 0.774. The van der Waals surface area contributed by atoms with E-state index in [1.807, 2.05) is 0 Å². The number of ether oxygens (including phenoxy) is 2. The van der Waals surface area contributed by atoms with Gasteiger partial charge in [0.15, 0.2) is 6.29 Å². The van der Waals surface area contributed by atoms with Gasteiger partial charge in [0.1, 0.15) is 0 Å². The lowest BCUT2D eigenvalue weighted by molar-refractivity contribution is -0.191. The molecule has 1 aromatic rings. The molecule has 2 fully saturated rings. The van der Waals surface area contributed by atoms with E-state index in [4.69, 9.17) is 9.47 Å². The Kier molecular flexibility index (Phi) is 5.54. The average molecular weight is 302 g/mol. The van der Waals surface area contributed by atoms with Gasteiger partial charge in [0.05, 0.1) is 13.2 Å². The van der Waals surface area contributed by atoms with Gasteiger partial charge in [0.2, 0.25) is 0 Å². The third kappa shape index (κ3) is 4.33. The van der Waals surface area contributed by atoms with Crippen LogP contribution in [0.15, 0.2) is 24.3 Å². The van der Waals surface area contributed by atoms with Crippen molar-refractivity contribution in [2.75, 3.05) is 13.2 Å². The first kappa shape index (κ1) is 16.0. The minimum atomic E-state index is 0.0287. The van der Waals surface area contributed by atoms with Gasteiger partial charge < -0.3 is 9.47 Å². The average Bonchev–Trinajstić information content (AvgIpc) is 2.56. The van der Waals surface area contributed by atoms with Crippen LogP contribution in [0, 0.1) is 18.8 Å². The fraction of sp³-hybridized carbons (Fsp3) is 0.700. The largest absolute Gasteiger partial charge is 0.352 e. The molecule has 122 valence electrons. The molecule has 0 radical (unpaired) electrons. The molecule has 22 heavy (non-hydrogen) atoms. The Bertz CT molecular complexity index is 437. The Labute approximate surface area is 135 Å². The standard InChI is InChI=1S/C20H30O2/c1-15-3-7-17(8-4-15)9-12-20-21-13-19(14-22-20)18-10-5-16(2)6-11-18/h5-6,10-11,15,17,19-20H,3-4,7-9,12-14H2,1-2H3. The molecule has 1 saturated carbocycles. The molecule has 2 aliphatic rings. The molecule has 2 nitrogen and oxygen atoms in total. The molecule has 3 rings (SSSR count). The molecule has 1 saturated heterocycles. The summed E-state index contributed by atoms with van der Waals surface area (Å²) in [6.07, 6.45) is 7.99. The topological polar surface area (TPSA) is 18.5 Å². The summed E-state index contributed by atoms with van der Waals surface area (Å²) in [4.78, 5) is 0. The second-order valence-electron chi connectivity index (χ2n) is 7.41. The van der Waals surface area contributed by atoms with Crippen LogP contribution in [0.25, 0.3) is 0 Å². The number of benzene rings is 1. The maximum absolute atomic E-state index is 5.97. The van der Waals surface area contributed by atoms with E-state index in [9.17, 15) is 0 Å². The van der Waals surface area contributed by atoms with Gasteiger partial charge in [-0.25, -0.2) is 0 Å². The molecular formula is C20H30O2. The van der Waals surface area contributed by atoms with E-state index in [0.29, 0.717) is 5.92 Å². The number of rotatable bonds is 4. The van der Waals surface area contributed by atoms with Crippen molar-refractivity contribution in [3.8, 4) is 0 Å². The lowest BCUT2D eigenvalue weighted by atomic mass is 9.81. The molecule has 1 aromatic carbocycles. The van der Waals surface area contributed by atoms with Crippen LogP contribution < -0.4 is 0 Å². The summed E-state index contributed by atoms with van der Waals surface area (Å²) in [6.45, 7) is 6.11. The second-order valence-corrected chi connectivity index (χ2v) is 7.41. The van der Waals surface area contributed by atoms with E-state index in [2.05, 4.69) is 38.1 Å². The van der Waals surface area contributed by atoms with E-state index in [1.54, 1.807) is 0 Å². The molecule has 0 N–H and O–H groups in total. The lowest BCUT2D eigenvalue weighted by Gasteiger charge is -2.32. The van der Waals surface area contributed by atoms with E-state index >= 15 is 0 Å². The Morgan fingerprint density at radius 3 is 2.18 bits per heavy atom. The van der Waals surface area contributed by atoms with E-state index < -0.39 is 0 Å². The zero-order valence-electron chi connectivity index (χ0n) is 14.1. The lowest BCUT2D eigenvalue weighted by Crippen LogP contribution is -2.31. The van der Waals surface area contributed by atoms with Gasteiger partial charge >= 0.3 is 0 Å². The summed E-state index contributed by atoms with van der Waals surface area (Å²) in [5.74, 6) is 2.24. The number of hydrogen-bond acceptors (Lipinski definition) is 2. The molecule has 0 aromatic heterocycles. The fourth-order valence-corrected chi connectivity index (χ4v) is 3.73. The Morgan fingerprint density at radius 1 is 0.909 bits per heavy atom. The molecule has 0 atom stereocenters. The summed E-state index contributed by atoms with van der Waals surface area (Å²) < 4.78 is 11.9. The van der Waals surface area contributed by atoms with E-state index in [1.165, 1.54) is 43.2 Å². The van der Waals surface area contributed by atoms with Crippen LogP contribution in [0.5, 0.6) is 0 Å². The van der Waals surface area contributed by atoms with Crippen LogP contribution in [-0.4, -0.2) is 19.5 Å². The van der Waals surface area contributed by atoms with Gasteiger partial charge in [-0.3, -0.25) is 0 Å². The van der Waals surface area contributed by atoms with Gasteiger partial charge in [0.25, 0.3) is 0 Å². The first-order valence-electron chi connectivity index (χ1n) is 9.00. The minimum absolute atomic E-state index is 0.0287. The summed E-state index contributed by atoms with van der Waals surface area (Å²) >= 11 is 0. The van der Waals surface area contributed by atoms with Gasteiger partial charge in [-0.15, -0.1) is 0 Å². The van der Waals surface area contributed by atoms with Crippen LogP contribution >= 0.6 is 0 Å². The molecular weight excluding hydrogens is 272 g/mol. The Morgan fingerprint density at radius 2 is 1.55 bits per heavy atom. The Hall–Kier alpha value is -0.860. The smallest absolute Gasteiger partial charge is 0.157 e. The Balaban J connectivity index is 1.39. The summed E-state index contributed by atoms with van der Waals surface area (Å²) in [6, 6.07) is 8.75. The molecule has 1 heterocycles. The van der Waals surface area contributed by atoms with Crippen LogP contribution in [0.2, 0.25) is 0 Å². The SMILES string of the molecule is Cc1ccc(C2COC(CCC3CCC(C)CC3)OC2)cc1. The summed E-state index contributed by atoms with van der Waals surface area (Å²) in [7, 11) is 0. The van der Waals surface area contributed by atoms with Crippen LogP contribution in [0.3, 0.4) is 0 Å². The van der Waals surface area contributed by atoms with Crippen LogP contribution in [0.4, 0.5) is 0 Å². The molecule has 0 spiro atoms. The number of aryl methyl sites for hydroxylation is 1. The molecule has 2 heteroatoms. The highest BCUT2D eigenvalue weighted by atomic mass is 16.7. The van der Waals surface area contributed by atoms with Crippen LogP contribution in [0.1, 0.15) is 62.5 Å². The zero-order valence-corrected chi connectivity index (χ0v) is 14.1. The van der Waals surface area contributed by atoms with E-state index in [-0.39, 0.29) is 6.29 Å². The molecule has 1 aliphatic carbocycles. The van der Waals surface area contributed by atoms with Gasteiger partial charge in [-0.05, 0) is 37.2 Å². The van der Waals surface area contributed by atoms with Gasteiger partial charge in [0, 0.05) is 5.92 Å². The van der Waals surface area contributed by atoms with Crippen molar-refractivity contribution in [1.29, 1.82) is 0 Å². The van der Waals surface area contributed by atoms with Crippen molar-refractivity contribution >= 4 is 0 Å². The van der Waals surface area contributed by atoms with Crippen molar-refractivity contribution in [1.82, 2.24) is 0 Å². The maximum Gasteiger partial charge on any atom is 0.157 e. The molecule has 1 aliphatic heterocycles. The number of hydrogen-bond donors (Lipinski definition) is 0. The highest BCUT2D eigenvalue weighted by Gasteiger charge is 2.25. The first-order chi connectivity index (χ1) is 10.7. The van der Waals surface area contributed by atoms with Crippen LogP contribution in [-0.2, 0) is 9.47 Å². The molecule has 0 amide bonds. The fourth-order valence-electron chi connectivity index (χ4n) is 3.73. The highest BCUT2D eigenvalue weighted by molar-refractivity contribution is 5.24. The monoisotopic (exact) mass is 302 g/mol. The zero-order chi connectivity index (χ0) is 15.4. The molecule has 0 bridgehead atoms. The summed E-state index contributed by atoms with van der Waals surface area (Å²) in [5, 5.41) is 0. The first-order valence-corrected chi connectivity index (χ1v) is 9.00. The second kappa shape index (κ2) is 7.61. The third-order valence-electron chi connectivity index (χ3n) is 5.46. The van der Waals surface area contributed by atoms with E-state index in [0.717, 1.165) is 31.5 Å². The normalized spacial score (nSPS) is 32.8. The van der Waals surface area contributed by atoms with Crippen molar-refractivity contribution in [3.05, 3.63) is 35.4 Å². The van der Waals surface area contributed by atoms with Gasteiger partial charge in [-0.2, -0.15) is 0 Å². The van der Waals surface area contributed by atoms with Gasteiger partial charge in [-0.1, -0.05) is 62.4 Å². The minimum Gasteiger partial charge on any atom is -0.352 e. The highest BCUT2D eigenvalue weighted by Crippen LogP contribution is 2.32. The predicted octanol–water partition coefficient (Wildman–Crippen LogP) is 5.06. The van der Waals surface area contributed by atoms with Crippen molar-refractivity contribution in [3.63, 3.8) is 0 Å². The third-order valence-corrected chi connectivity index (χ3v) is 5.46. The van der Waals surface area contributed by atoms with Crippen molar-refractivity contribution in [2.45, 2.75) is 64.6 Å². The maximum atomic E-state index is 5.97. The predicted molar refractivity (Wildman–Crippen MR) is 90.0 cm³/mol. The summed E-state index contributed by atoms with van der Waals surface area (Å²) in [5.41, 5.74) is 2.64. The van der Waals surface area contributed by atoms with Crippen molar-refractivity contribution in [2.24, 2.45) is 11.8 Å².